The zero-order chi connectivity index (χ0) is 16.9. The Morgan fingerprint density at radius 2 is 2.25 bits per heavy atom. The summed E-state index contributed by atoms with van der Waals surface area (Å²) in [5.74, 6) is 1.83. The van der Waals surface area contributed by atoms with Gasteiger partial charge in [0.1, 0.15) is 17.2 Å². The van der Waals surface area contributed by atoms with Crippen molar-refractivity contribution in [3.05, 3.63) is 41.6 Å². The minimum Gasteiger partial charge on any atom is -0.464 e. The highest BCUT2D eigenvalue weighted by Gasteiger charge is 2.31. The lowest BCUT2D eigenvalue weighted by Gasteiger charge is -2.34. The highest BCUT2D eigenvalue weighted by molar-refractivity contribution is 5.92. The summed E-state index contributed by atoms with van der Waals surface area (Å²) in [6, 6.07) is 5.80. The quantitative estimate of drug-likeness (QED) is 0.816. The molecule has 6 nitrogen and oxygen atoms in total. The first-order valence-electron chi connectivity index (χ1n) is 8.65. The van der Waals surface area contributed by atoms with E-state index in [2.05, 4.69) is 12.0 Å². The van der Waals surface area contributed by atoms with E-state index in [0.29, 0.717) is 18.8 Å². The van der Waals surface area contributed by atoms with Crippen LogP contribution in [0.15, 0.2) is 28.8 Å². The van der Waals surface area contributed by atoms with Crippen LogP contribution in [0.5, 0.6) is 0 Å². The lowest BCUT2D eigenvalue weighted by atomic mass is 9.99. The Labute approximate surface area is 142 Å². The van der Waals surface area contributed by atoms with Gasteiger partial charge in [-0.3, -0.25) is 9.48 Å². The third kappa shape index (κ3) is 3.53. The molecule has 1 atom stereocenters. The van der Waals surface area contributed by atoms with Gasteiger partial charge in [-0.2, -0.15) is 5.10 Å². The number of carbonyl (C=O) groups is 1. The monoisotopic (exact) mass is 331 g/mol. The normalized spacial score (nSPS) is 18.1. The Kier molecular flexibility index (Phi) is 5.35. The van der Waals surface area contributed by atoms with Crippen LogP contribution in [-0.4, -0.2) is 40.8 Å². The first kappa shape index (κ1) is 16.8. The number of rotatable bonds is 6. The highest BCUT2D eigenvalue weighted by Crippen LogP contribution is 2.33. The van der Waals surface area contributed by atoms with Gasteiger partial charge < -0.3 is 14.1 Å². The number of ether oxygens (including phenoxy) is 1. The van der Waals surface area contributed by atoms with Crippen molar-refractivity contribution < 1.29 is 13.9 Å². The van der Waals surface area contributed by atoms with E-state index in [-0.39, 0.29) is 11.9 Å². The third-order valence-electron chi connectivity index (χ3n) is 4.51. The fraction of sp³-hybridized carbons (Fsp3) is 0.556. The smallest absolute Gasteiger partial charge is 0.274 e. The molecule has 0 aliphatic carbocycles. The SMILES string of the molecule is CCc1ccc([C@@H]2CCCCN2C(=O)c2ccn(CCOC)n2)o1. The van der Waals surface area contributed by atoms with Crippen LogP contribution in [0.4, 0.5) is 0 Å². The van der Waals surface area contributed by atoms with E-state index >= 15 is 0 Å². The summed E-state index contributed by atoms with van der Waals surface area (Å²) in [6.07, 6.45) is 5.76. The molecule has 130 valence electrons. The van der Waals surface area contributed by atoms with Crippen LogP contribution in [-0.2, 0) is 17.7 Å². The zero-order valence-electron chi connectivity index (χ0n) is 14.4. The van der Waals surface area contributed by atoms with Crippen LogP contribution in [0.25, 0.3) is 0 Å². The summed E-state index contributed by atoms with van der Waals surface area (Å²) in [5.41, 5.74) is 0.486. The number of furan rings is 1. The van der Waals surface area contributed by atoms with Crippen LogP contribution in [0.1, 0.15) is 54.2 Å². The molecule has 0 unspecified atom stereocenters. The van der Waals surface area contributed by atoms with Crippen molar-refractivity contribution in [2.24, 2.45) is 0 Å². The van der Waals surface area contributed by atoms with Crippen LogP contribution >= 0.6 is 0 Å². The zero-order valence-corrected chi connectivity index (χ0v) is 14.4. The van der Waals surface area contributed by atoms with Crippen LogP contribution < -0.4 is 0 Å². The first-order chi connectivity index (χ1) is 11.7. The van der Waals surface area contributed by atoms with Crippen molar-refractivity contribution in [1.29, 1.82) is 0 Å². The molecule has 3 rings (SSSR count). The standard InChI is InChI=1S/C18H25N3O3/c1-3-14-7-8-17(24-14)16-6-4-5-10-21(16)18(22)15-9-11-20(19-15)12-13-23-2/h7-9,11,16H,3-6,10,12-13H2,1-2H3/t16-/m0/s1. The van der Waals surface area contributed by atoms with Gasteiger partial charge in [0.15, 0.2) is 0 Å². The summed E-state index contributed by atoms with van der Waals surface area (Å²) < 4.78 is 12.7. The van der Waals surface area contributed by atoms with E-state index in [1.165, 1.54) is 0 Å². The number of aryl methyl sites for hydroxylation is 1. The second-order valence-electron chi connectivity index (χ2n) is 6.12. The number of hydrogen-bond donors (Lipinski definition) is 0. The van der Waals surface area contributed by atoms with Gasteiger partial charge in [0, 0.05) is 26.3 Å². The maximum absolute atomic E-state index is 12.9. The van der Waals surface area contributed by atoms with Gasteiger partial charge >= 0.3 is 0 Å². The second kappa shape index (κ2) is 7.66. The summed E-state index contributed by atoms with van der Waals surface area (Å²) in [7, 11) is 1.65. The van der Waals surface area contributed by atoms with E-state index in [0.717, 1.165) is 43.7 Å². The van der Waals surface area contributed by atoms with Crippen molar-refractivity contribution in [2.75, 3.05) is 20.3 Å². The van der Waals surface area contributed by atoms with E-state index < -0.39 is 0 Å². The van der Waals surface area contributed by atoms with E-state index in [9.17, 15) is 4.79 Å². The fourth-order valence-electron chi connectivity index (χ4n) is 3.17. The molecule has 0 spiro atoms. The third-order valence-corrected chi connectivity index (χ3v) is 4.51. The largest absolute Gasteiger partial charge is 0.464 e. The highest BCUT2D eigenvalue weighted by atomic mass is 16.5. The minimum absolute atomic E-state index is 0.00988. The predicted molar refractivity (Wildman–Crippen MR) is 89.8 cm³/mol. The molecular weight excluding hydrogens is 306 g/mol. The van der Waals surface area contributed by atoms with E-state index in [4.69, 9.17) is 9.15 Å². The first-order valence-corrected chi connectivity index (χ1v) is 8.65. The summed E-state index contributed by atoms with van der Waals surface area (Å²) >= 11 is 0. The Balaban J connectivity index is 1.76. The molecule has 0 radical (unpaired) electrons. The molecule has 24 heavy (non-hydrogen) atoms. The lowest BCUT2D eigenvalue weighted by molar-refractivity contribution is 0.0571. The molecule has 1 amide bonds. The number of methoxy groups -OCH3 is 1. The van der Waals surface area contributed by atoms with Gasteiger partial charge in [0.25, 0.3) is 5.91 Å². The molecule has 0 saturated carbocycles. The molecular formula is C18H25N3O3. The summed E-state index contributed by atoms with van der Waals surface area (Å²) in [6.45, 7) is 4.04. The number of carbonyl (C=O) groups excluding carboxylic acids is 1. The molecule has 3 heterocycles. The Morgan fingerprint density at radius 1 is 1.38 bits per heavy atom. The molecule has 0 bridgehead atoms. The maximum Gasteiger partial charge on any atom is 0.274 e. The molecule has 0 aromatic carbocycles. The Morgan fingerprint density at radius 3 is 3.00 bits per heavy atom. The minimum atomic E-state index is -0.0229. The molecule has 2 aromatic rings. The number of hydrogen-bond acceptors (Lipinski definition) is 4. The lowest BCUT2D eigenvalue weighted by Crippen LogP contribution is -2.38. The Bertz CT molecular complexity index is 677. The molecule has 6 heteroatoms. The van der Waals surface area contributed by atoms with E-state index in [1.807, 2.05) is 23.2 Å². The maximum atomic E-state index is 12.9. The number of likely N-dealkylation sites (tertiary alicyclic amines) is 1. The summed E-state index contributed by atoms with van der Waals surface area (Å²) in [4.78, 5) is 14.8. The average molecular weight is 331 g/mol. The molecule has 1 aliphatic heterocycles. The van der Waals surface area contributed by atoms with Crippen molar-refractivity contribution in [2.45, 2.75) is 45.2 Å². The van der Waals surface area contributed by atoms with E-state index in [1.54, 1.807) is 17.9 Å². The Hall–Kier alpha value is -2.08. The molecule has 1 aliphatic rings. The molecule has 1 saturated heterocycles. The van der Waals surface area contributed by atoms with Crippen LogP contribution in [0, 0.1) is 0 Å². The fourth-order valence-corrected chi connectivity index (χ4v) is 3.17. The average Bonchev–Trinajstić information content (AvgIpc) is 3.28. The second-order valence-corrected chi connectivity index (χ2v) is 6.12. The van der Waals surface area contributed by atoms with Crippen molar-refractivity contribution in [3.63, 3.8) is 0 Å². The topological polar surface area (TPSA) is 60.5 Å². The van der Waals surface area contributed by atoms with Gasteiger partial charge in [-0.25, -0.2) is 0 Å². The number of piperidine rings is 1. The number of aromatic nitrogens is 2. The summed E-state index contributed by atoms with van der Waals surface area (Å²) in [5, 5.41) is 4.39. The van der Waals surface area contributed by atoms with Crippen LogP contribution in [0.2, 0.25) is 0 Å². The van der Waals surface area contributed by atoms with Gasteiger partial charge in [0.2, 0.25) is 0 Å². The predicted octanol–water partition coefficient (Wildman–Crippen LogP) is 3.05. The van der Waals surface area contributed by atoms with Crippen molar-refractivity contribution in [3.8, 4) is 0 Å². The van der Waals surface area contributed by atoms with Gasteiger partial charge in [-0.15, -0.1) is 0 Å². The van der Waals surface area contributed by atoms with Gasteiger partial charge in [0.05, 0.1) is 19.2 Å². The van der Waals surface area contributed by atoms with Gasteiger partial charge in [-0.05, 0) is 37.5 Å². The number of amides is 1. The van der Waals surface area contributed by atoms with Gasteiger partial charge in [-0.1, -0.05) is 6.92 Å². The molecule has 2 aromatic heterocycles. The number of nitrogens with zero attached hydrogens (tertiary/aromatic N) is 3. The molecule has 1 fully saturated rings. The van der Waals surface area contributed by atoms with Crippen molar-refractivity contribution >= 4 is 5.91 Å². The van der Waals surface area contributed by atoms with Crippen molar-refractivity contribution in [1.82, 2.24) is 14.7 Å². The molecule has 0 N–H and O–H groups in total. The van der Waals surface area contributed by atoms with Crippen LogP contribution in [0.3, 0.4) is 0 Å².